The molecular formula is C6H12N2OSi. The van der Waals surface area contributed by atoms with E-state index < -0.39 is 0 Å². The van der Waals surface area contributed by atoms with E-state index in [4.69, 9.17) is 4.43 Å². The van der Waals surface area contributed by atoms with Gasteiger partial charge in [-0.15, -0.1) is 0 Å². The van der Waals surface area contributed by atoms with Crippen LogP contribution in [0.1, 0.15) is 19.6 Å². The van der Waals surface area contributed by atoms with Gasteiger partial charge in [-0.3, -0.25) is 0 Å². The van der Waals surface area contributed by atoms with Gasteiger partial charge < -0.3 is 8.99 Å². The second-order valence-corrected chi connectivity index (χ2v) is 2.58. The van der Waals surface area contributed by atoms with Crippen LogP contribution in [0, 0.1) is 0 Å². The Morgan fingerprint density at radius 1 is 1.80 bits per heavy atom. The molecule has 0 amide bonds. The van der Waals surface area contributed by atoms with Crippen molar-refractivity contribution in [2.75, 3.05) is 0 Å². The maximum absolute atomic E-state index is 5.31. The van der Waals surface area contributed by atoms with E-state index >= 15 is 0 Å². The van der Waals surface area contributed by atoms with Gasteiger partial charge in [-0.05, 0) is 6.42 Å². The highest BCUT2D eigenvalue weighted by molar-refractivity contribution is 5.98. The summed E-state index contributed by atoms with van der Waals surface area (Å²) < 4.78 is 7.28. The monoisotopic (exact) mass is 156 g/mol. The van der Waals surface area contributed by atoms with Gasteiger partial charge in [-0.2, -0.15) is 0 Å². The van der Waals surface area contributed by atoms with Crippen LogP contribution in [0.3, 0.4) is 0 Å². The summed E-state index contributed by atoms with van der Waals surface area (Å²) in [6.07, 6.45) is 6.68. The summed E-state index contributed by atoms with van der Waals surface area (Å²) in [7, 11) is 0.779. The van der Waals surface area contributed by atoms with Crippen molar-refractivity contribution in [1.29, 1.82) is 0 Å². The third-order valence-corrected chi connectivity index (χ3v) is 2.02. The molecule has 0 saturated heterocycles. The van der Waals surface area contributed by atoms with Crippen molar-refractivity contribution in [3.8, 4) is 0 Å². The Balaban J connectivity index is 2.64. The van der Waals surface area contributed by atoms with Gasteiger partial charge in [0.2, 0.25) is 0 Å². The van der Waals surface area contributed by atoms with E-state index in [9.17, 15) is 0 Å². The molecule has 3 nitrogen and oxygen atoms in total. The molecule has 0 bridgehead atoms. The standard InChI is InChI=1S/C6H12N2OSi/c1-2-6(9-10)8-4-3-7-5-8/h3-6H,2H2,1,10H3. The smallest absolute Gasteiger partial charge is 0.148 e. The zero-order valence-electron chi connectivity index (χ0n) is 6.32. The van der Waals surface area contributed by atoms with E-state index in [1.807, 2.05) is 10.8 Å². The van der Waals surface area contributed by atoms with Crippen LogP contribution in [0.4, 0.5) is 0 Å². The second kappa shape index (κ2) is 3.53. The lowest BCUT2D eigenvalue weighted by Gasteiger charge is -2.13. The maximum atomic E-state index is 5.31. The third-order valence-electron chi connectivity index (χ3n) is 1.48. The van der Waals surface area contributed by atoms with Gasteiger partial charge in [0.05, 0.1) is 6.33 Å². The number of nitrogens with zero attached hydrogens (tertiary/aromatic N) is 2. The summed E-state index contributed by atoms with van der Waals surface area (Å²) in [6, 6.07) is 0. The van der Waals surface area contributed by atoms with Crippen molar-refractivity contribution < 1.29 is 4.43 Å². The Hall–Kier alpha value is -0.613. The van der Waals surface area contributed by atoms with Crippen LogP contribution in [0.2, 0.25) is 0 Å². The summed E-state index contributed by atoms with van der Waals surface area (Å²) in [6.45, 7) is 2.10. The molecule has 4 heteroatoms. The lowest BCUT2D eigenvalue weighted by molar-refractivity contribution is 0.142. The molecule has 56 valence electrons. The molecule has 1 aromatic rings. The van der Waals surface area contributed by atoms with Crippen molar-refractivity contribution in [3.63, 3.8) is 0 Å². The van der Waals surface area contributed by atoms with Gasteiger partial charge in [-0.25, -0.2) is 4.98 Å². The topological polar surface area (TPSA) is 27.1 Å². The molecule has 0 aliphatic carbocycles. The fourth-order valence-corrected chi connectivity index (χ4v) is 1.52. The first-order chi connectivity index (χ1) is 4.88. The Morgan fingerprint density at radius 2 is 2.60 bits per heavy atom. The molecule has 1 atom stereocenters. The van der Waals surface area contributed by atoms with Gasteiger partial charge in [0, 0.05) is 12.4 Å². The number of hydrogen-bond donors (Lipinski definition) is 0. The Bertz CT molecular complexity index is 172. The summed E-state index contributed by atoms with van der Waals surface area (Å²) in [5.74, 6) is 0. The molecule has 0 N–H and O–H groups in total. The molecule has 1 rings (SSSR count). The van der Waals surface area contributed by atoms with E-state index in [1.54, 1.807) is 12.5 Å². The quantitative estimate of drug-likeness (QED) is 0.580. The number of rotatable bonds is 3. The van der Waals surface area contributed by atoms with Crippen molar-refractivity contribution in [1.82, 2.24) is 9.55 Å². The molecule has 1 heterocycles. The molecule has 0 radical (unpaired) electrons. The van der Waals surface area contributed by atoms with Gasteiger partial charge in [0.25, 0.3) is 0 Å². The minimum absolute atomic E-state index is 0.203. The Kier molecular flexibility index (Phi) is 2.64. The van der Waals surface area contributed by atoms with E-state index in [-0.39, 0.29) is 6.23 Å². The van der Waals surface area contributed by atoms with E-state index in [0.29, 0.717) is 0 Å². The molecule has 10 heavy (non-hydrogen) atoms. The molecule has 0 spiro atoms. The summed E-state index contributed by atoms with van der Waals surface area (Å²) in [5.41, 5.74) is 0. The zero-order valence-corrected chi connectivity index (χ0v) is 8.32. The first-order valence-electron chi connectivity index (χ1n) is 3.38. The van der Waals surface area contributed by atoms with Gasteiger partial charge in [0.15, 0.2) is 0 Å². The first-order valence-corrected chi connectivity index (χ1v) is 4.20. The summed E-state index contributed by atoms with van der Waals surface area (Å²) in [4.78, 5) is 3.94. The highest BCUT2D eigenvalue weighted by Gasteiger charge is 2.02. The number of hydrogen-bond acceptors (Lipinski definition) is 2. The molecule has 0 aliphatic heterocycles. The molecule has 1 unspecified atom stereocenters. The van der Waals surface area contributed by atoms with E-state index in [0.717, 1.165) is 16.9 Å². The maximum Gasteiger partial charge on any atom is 0.148 e. The van der Waals surface area contributed by atoms with Crippen LogP contribution in [0.25, 0.3) is 0 Å². The molecular weight excluding hydrogens is 144 g/mol. The number of aromatic nitrogens is 2. The average molecular weight is 156 g/mol. The number of imidazole rings is 1. The van der Waals surface area contributed by atoms with Crippen molar-refractivity contribution in [3.05, 3.63) is 18.7 Å². The second-order valence-electron chi connectivity index (χ2n) is 2.11. The van der Waals surface area contributed by atoms with Crippen molar-refractivity contribution >= 4 is 10.5 Å². The molecule has 0 fully saturated rings. The molecule has 1 aromatic heterocycles. The fourth-order valence-electron chi connectivity index (χ4n) is 0.939. The van der Waals surface area contributed by atoms with E-state index in [1.165, 1.54) is 0 Å². The minimum Gasteiger partial charge on any atom is -0.408 e. The van der Waals surface area contributed by atoms with Crippen LogP contribution in [0.5, 0.6) is 0 Å². The SMILES string of the molecule is CCC(O[SiH3])n1ccnc1. The summed E-state index contributed by atoms with van der Waals surface area (Å²) >= 11 is 0. The van der Waals surface area contributed by atoms with Crippen LogP contribution in [-0.2, 0) is 4.43 Å². The highest BCUT2D eigenvalue weighted by atomic mass is 28.2. The first kappa shape index (κ1) is 7.49. The Labute approximate surface area is 63.6 Å². The molecule has 0 aliphatic rings. The zero-order chi connectivity index (χ0) is 7.40. The highest BCUT2D eigenvalue weighted by Crippen LogP contribution is 2.09. The predicted molar refractivity (Wildman–Crippen MR) is 42.6 cm³/mol. The van der Waals surface area contributed by atoms with Crippen molar-refractivity contribution in [2.45, 2.75) is 19.6 Å². The predicted octanol–water partition coefficient (Wildman–Crippen LogP) is 0.0887. The lowest BCUT2D eigenvalue weighted by atomic mass is 10.4. The van der Waals surface area contributed by atoms with Crippen LogP contribution in [-0.4, -0.2) is 20.0 Å². The van der Waals surface area contributed by atoms with Gasteiger partial charge >= 0.3 is 0 Å². The van der Waals surface area contributed by atoms with Crippen LogP contribution >= 0.6 is 0 Å². The van der Waals surface area contributed by atoms with Crippen LogP contribution in [0.15, 0.2) is 18.7 Å². The van der Waals surface area contributed by atoms with Crippen LogP contribution < -0.4 is 0 Å². The molecule has 0 aromatic carbocycles. The third kappa shape index (κ3) is 1.46. The summed E-state index contributed by atoms with van der Waals surface area (Å²) in [5, 5.41) is 0. The normalized spacial score (nSPS) is 13.7. The van der Waals surface area contributed by atoms with E-state index in [2.05, 4.69) is 11.9 Å². The largest absolute Gasteiger partial charge is 0.408 e. The lowest BCUT2D eigenvalue weighted by Crippen LogP contribution is -2.07. The molecule has 0 saturated carbocycles. The van der Waals surface area contributed by atoms with Gasteiger partial charge in [0.1, 0.15) is 16.7 Å². The Morgan fingerprint density at radius 3 is 3.00 bits per heavy atom. The average Bonchev–Trinajstić information content (AvgIpc) is 2.43. The minimum atomic E-state index is 0.203. The fraction of sp³-hybridized carbons (Fsp3) is 0.500. The van der Waals surface area contributed by atoms with Crippen molar-refractivity contribution in [2.24, 2.45) is 0 Å². The van der Waals surface area contributed by atoms with Gasteiger partial charge in [-0.1, -0.05) is 6.92 Å².